The van der Waals surface area contributed by atoms with Crippen LogP contribution in [0.25, 0.3) is 0 Å². The van der Waals surface area contributed by atoms with Crippen LogP contribution in [0.1, 0.15) is 66.7 Å². The molecule has 210 valence electrons. The summed E-state index contributed by atoms with van der Waals surface area (Å²) >= 11 is 0. The van der Waals surface area contributed by atoms with Gasteiger partial charge < -0.3 is 30.1 Å². The van der Waals surface area contributed by atoms with Gasteiger partial charge in [-0.25, -0.2) is 0 Å². The zero-order valence-corrected chi connectivity index (χ0v) is 23.2. The van der Waals surface area contributed by atoms with E-state index in [0.29, 0.717) is 37.3 Å². The molecular weight excluding hydrogens is 486 g/mol. The van der Waals surface area contributed by atoms with Gasteiger partial charge in [0.25, 0.3) is 0 Å². The molecule has 0 aromatic heterocycles. The number of hydrogen-bond acceptors (Lipinski definition) is 6. The van der Waals surface area contributed by atoms with E-state index in [0.717, 1.165) is 12.8 Å². The van der Waals surface area contributed by atoms with Crippen LogP contribution in [0.15, 0.2) is 24.3 Å². The Hall–Kier alpha value is -2.65. The van der Waals surface area contributed by atoms with Gasteiger partial charge in [-0.15, -0.1) is 0 Å². The Morgan fingerprint density at radius 2 is 1.89 bits per heavy atom. The predicted molar refractivity (Wildman–Crippen MR) is 144 cm³/mol. The first-order valence-electron chi connectivity index (χ1n) is 14.1. The van der Waals surface area contributed by atoms with Crippen LogP contribution in [0.5, 0.6) is 5.75 Å². The van der Waals surface area contributed by atoms with Crippen molar-refractivity contribution in [2.45, 2.75) is 96.6 Å². The molecule has 4 rings (SSSR count). The molecule has 9 heteroatoms. The minimum Gasteiger partial charge on any atom is -0.494 e. The van der Waals surface area contributed by atoms with Gasteiger partial charge >= 0.3 is 0 Å². The van der Waals surface area contributed by atoms with Crippen LogP contribution in [0.2, 0.25) is 0 Å². The molecule has 2 bridgehead atoms. The average Bonchev–Trinajstić information content (AvgIpc) is 3.51. The van der Waals surface area contributed by atoms with Crippen molar-refractivity contribution in [3.63, 3.8) is 0 Å². The van der Waals surface area contributed by atoms with E-state index in [1.165, 1.54) is 0 Å². The van der Waals surface area contributed by atoms with Crippen molar-refractivity contribution in [1.82, 2.24) is 10.2 Å². The predicted octanol–water partition coefficient (Wildman–Crippen LogP) is 3.11. The van der Waals surface area contributed by atoms with Gasteiger partial charge in [0.05, 0.1) is 37.2 Å². The molecular formula is C29H43N3O6. The van der Waals surface area contributed by atoms with Gasteiger partial charge in [-0.3, -0.25) is 14.4 Å². The number of carbonyl (C=O) groups excluding carboxylic acids is 3. The standard InChI is InChI=1S/C29H43N3O6/c1-6-8-18(5)30-27(35)25-29-14-13-22(38-29)23(24(29)28(36)32(25)20(16-33)15-17(3)4)26(34)31-19-9-11-21(12-10-19)37-7-2/h9-12,17-18,20,22-25,33H,6-8,13-16H2,1-5H3,(H,30,35)(H,31,34)/t18?,20-,22-,23+,24+,25?,29?/m1/s1. The van der Waals surface area contributed by atoms with Gasteiger partial charge in [0, 0.05) is 11.7 Å². The molecule has 3 fully saturated rings. The Kier molecular flexibility index (Phi) is 8.67. The van der Waals surface area contributed by atoms with Crippen molar-refractivity contribution in [2.24, 2.45) is 17.8 Å². The van der Waals surface area contributed by atoms with Crippen molar-refractivity contribution >= 4 is 23.4 Å². The number of amides is 3. The number of hydrogen-bond donors (Lipinski definition) is 3. The average molecular weight is 530 g/mol. The Balaban J connectivity index is 1.64. The molecule has 3 amide bonds. The van der Waals surface area contributed by atoms with E-state index < -0.39 is 35.6 Å². The summed E-state index contributed by atoms with van der Waals surface area (Å²) in [4.78, 5) is 43.1. The van der Waals surface area contributed by atoms with Crippen LogP contribution >= 0.6 is 0 Å². The maximum atomic E-state index is 14.1. The SMILES string of the molecule is CCCC(C)NC(=O)C1N([C@@H](CO)CC(C)C)C(=O)[C@@H]2[C@@H](C(=O)Nc3ccc(OCC)cc3)[C@H]3CCC12O3. The third kappa shape index (κ3) is 5.15. The third-order valence-electron chi connectivity index (χ3n) is 8.18. The molecule has 7 atom stereocenters. The van der Waals surface area contributed by atoms with E-state index in [-0.39, 0.29) is 36.3 Å². The first-order valence-corrected chi connectivity index (χ1v) is 14.1. The quantitative estimate of drug-likeness (QED) is 0.383. The number of fused-ring (bicyclic) bond motifs is 1. The topological polar surface area (TPSA) is 117 Å². The van der Waals surface area contributed by atoms with Crippen molar-refractivity contribution in [2.75, 3.05) is 18.5 Å². The molecule has 0 saturated carbocycles. The highest BCUT2D eigenvalue weighted by Gasteiger charge is 2.75. The lowest BCUT2D eigenvalue weighted by atomic mass is 9.70. The fourth-order valence-corrected chi connectivity index (χ4v) is 6.76. The van der Waals surface area contributed by atoms with Gasteiger partial charge in [0.2, 0.25) is 17.7 Å². The second kappa shape index (κ2) is 11.6. The first kappa shape index (κ1) is 28.4. The summed E-state index contributed by atoms with van der Waals surface area (Å²) in [6.07, 6.45) is 2.97. The Morgan fingerprint density at radius 1 is 1.18 bits per heavy atom. The van der Waals surface area contributed by atoms with Crippen LogP contribution in [-0.2, 0) is 19.1 Å². The second-order valence-corrected chi connectivity index (χ2v) is 11.4. The number of aliphatic hydroxyl groups excluding tert-OH is 1. The van der Waals surface area contributed by atoms with Gasteiger partial charge in [-0.1, -0.05) is 27.2 Å². The van der Waals surface area contributed by atoms with Crippen LogP contribution in [0.3, 0.4) is 0 Å². The van der Waals surface area contributed by atoms with E-state index in [1.54, 1.807) is 29.2 Å². The molecule has 3 unspecified atom stereocenters. The van der Waals surface area contributed by atoms with E-state index in [2.05, 4.69) is 17.6 Å². The summed E-state index contributed by atoms with van der Waals surface area (Å²) in [5.74, 6) is -1.41. The van der Waals surface area contributed by atoms with Crippen LogP contribution in [-0.4, -0.2) is 70.8 Å². The summed E-state index contributed by atoms with van der Waals surface area (Å²) in [5.41, 5.74) is -0.475. The van der Waals surface area contributed by atoms with Crippen molar-refractivity contribution in [3.05, 3.63) is 24.3 Å². The van der Waals surface area contributed by atoms with Crippen molar-refractivity contribution < 1.29 is 29.0 Å². The van der Waals surface area contributed by atoms with E-state index in [4.69, 9.17) is 9.47 Å². The van der Waals surface area contributed by atoms with Crippen molar-refractivity contribution in [3.8, 4) is 5.75 Å². The minimum absolute atomic E-state index is 0.0602. The molecule has 3 aliphatic heterocycles. The number of carbonyl (C=O) groups is 3. The highest BCUT2D eigenvalue weighted by atomic mass is 16.5. The van der Waals surface area contributed by atoms with Crippen LogP contribution < -0.4 is 15.4 Å². The van der Waals surface area contributed by atoms with E-state index >= 15 is 0 Å². The zero-order chi connectivity index (χ0) is 27.6. The van der Waals surface area contributed by atoms with E-state index in [1.807, 2.05) is 27.7 Å². The number of ether oxygens (including phenoxy) is 2. The highest BCUT2D eigenvalue weighted by Crippen LogP contribution is 2.59. The highest BCUT2D eigenvalue weighted by molar-refractivity contribution is 6.02. The van der Waals surface area contributed by atoms with Crippen LogP contribution in [0, 0.1) is 17.8 Å². The maximum absolute atomic E-state index is 14.1. The van der Waals surface area contributed by atoms with Crippen molar-refractivity contribution in [1.29, 1.82) is 0 Å². The normalized spacial score (nSPS) is 29.3. The summed E-state index contributed by atoms with van der Waals surface area (Å²) in [5, 5.41) is 16.4. The molecule has 1 spiro atoms. The number of rotatable bonds is 12. The lowest BCUT2D eigenvalue weighted by molar-refractivity contribution is -0.145. The lowest BCUT2D eigenvalue weighted by Gasteiger charge is -2.37. The molecule has 3 N–H and O–H groups in total. The zero-order valence-electron chi connectivity index (χ0n) is 23.2. The Bertz CT molecular complexity index is 1010. The molecule has 3 saturated heterocycles. The molecule has 3 heterocycles. The molecule has 38 heavy (non-hydrogen) atoms. The lowest BCUT2D eigenvalue weighted by Crippen LogP contribution is -2.59. The number of anilines is 1. The summed E-state index contributed by atoms with van der Waals surface area (Å²) in [6.45, 7) is 10.3. The third-order valence-corrected chi connectivity index (χ3v) is 8.18. The number of benzene rings is 1. The van der Waals surface area contributed by atoms with Gasteiger partial charge in [-0.05, 0) is 69.7 Å². The molecule has 1 aromatic rings. The maximum Gasteiger partial charge on any atom is 0.246 e. The minimum atomic E-state index is -1.08. The summed E-state index contributed by atoms with van der Waals surface area (Å²) in [6, 6.07) is 5.64. The molecule has 0 aliphatic carbocycles. The monoisotopic (exact) mass is 529 g/mol. The Morgan fingerprint density at radius 3 is 2.50 bits per heavy atom. The second-order valence-electron chi connectivity index (χ2n) is 11.4. The summed E-state index contributed by atoms with van der Waals surface area (Å²) in [7, 11) is 0. The van der Waals surface area contributed by atoms with E-state index in [9.17, 15) is 19.5 Å². The number of likely N-dealkylation sites (tertiary alicyclic amines) is 1. The van der Waals surface area contributed by atoms with Crippen LogP contribution in [0.4, 0.5) is 5.69 Å². The molecule has 3 aliphatic rings. The van der Waals surface area contributed by atoms with Gasteiger partial charge in [0.15, 0.2) is 0 Å². The number of nitrogens with zero attached hydrogens (tertiary/aromatic N) is 1. The fraction of sp³-hybridized carbons (Fsp3) is 0.690. The number of aliphatic hydroxyl groups is 1. The molecule has 9 nitrogen and oxygen atoms in total. The smallest absolute Gasteiger partial charge is 0.246 e. The van der Waals surface area contributed by atoms with Gasteiger partial charge in [-0.2, -0.15) is 0 Å². The Labute approximate surface area is 225 Å². The largest absolute Gasteiger partial charge is 0.494 e. The molecule has 0 radical (unpaired) electrons. The molecule has 1 aromatic carbocycles. The van der Waals surface area contributed by atoms with Gasteiger partial charge in [0.1, 0.15) is 17.4 Å². The fourth-order valence-electron chi connectivity index (χ4n) is 6.76. The summed E-state index contributed by atoms with van der Waals surface area (Å²) < 4.78 is 12.0. The first-order chi connectivity index (χ1) is 18.2. The number of nitrogens with one attached hydrogen (secondary N) is 2.